The maximum absolute atomic E-state index is 12.3. The van der Waals surface area contributed by atoms with Crippen molar-refractivity contribution in [2.45, 2.75) is 19.3 Å². The minimum Gasteiger partial charge on any atom is -0.324 e. The van der Waals surface area contributed by atoms with Gasteiger partial charge in [-0.2, -0.15) is 0 Å². The van der Waals surface area contributed by atoms with Crippen LogP contribution in [0.5, 0.6) is 0 Å². The van der Waals surface area contributed by atoms with E-state index in [1.165, 1.54) is 5.56 Å². The molecule has 1 aromatic heterocycles. The number of urea groups is 1. The lowest BCUT2D eigenvalue weighted by Gasteiger charge is -2.17. The van der Waals surface area contributed by atoms with Crippen LogP contribution in [0.3, 0.4) is 0 Å². The van der Waals surface area contributed by atoms with Gasteiger partial charge in [-0.25, -0.2) is 9.78 Å². The van der Waals surface area contributed by atoms with Crippen LogP contribution in [0.2, 0.25) is 0 Å². The molecule has 4 nitrogen and oxygen atoms in total. The number of hydrogen-bond acceptors (Lipinski definition) is 2. The molecule has 2 heterocycles. The number of hydrogen-bond donors (Lipinski definition) is 1. The summed E-state index contributed by atoms with van der Waals surface area (Å²) in [6.45, 7) is 3.47. The molecule has 1 aromatic carbocycles. The molecule has 2 amide bonds. The predicted octanol–water partition coefficient (Wildman–Crippen LogP) is 3.41. The van der Waals surface area contributed by atoms with Crippen LogP contribution < -0.4 is 5.32 Å². The Bertz CT molecular complexity index is 627. The van der Waals surface area contributed by atoms with Gasteiger partial charge in [0.1, 0.15) is 5.82 Å². The first-order valence-corrected chi connectivity index (χ1v) is 7.27. The van der Waals surface area contributed by atoms with Crippen LogP contribution in [0, 0.1) is 6.92 Å². The predicted molar refractivity (Wildman–Crippen MR) is 83.4 cm³/mol. The summed E-state index contributed by atoms with van der Waals surface area (Å²) in [5, 5.41) is 2.87. The van der Waals surface area contributed by atoms with Crippen LogP contribution in [0.25, 0.3) is 0 Å². The Morgan fingerprint density at radius 2 is 2.00 bits per heavy atom. The van der Waals surface area contributed by atoms with Crippen molar-refractivity contribution in [3.8, 4) is 0 Å². The van der Waals surface area contributed by atoms with Crippen LogP contribution in [0.15, 0.2) is 48.5 Å². The van der Waals surface area contributed by atoms with Gasteiger partial charge in [0.05, 0.1) is 0 Å². The highest BCUT2D eigenvalue weighted by Gasteiger charge is 2.27. The fourth-order valence-electron chi connectivity index (χ4n) is 2.74. The molecule has 0 bridgehead atoms. The zero-order chi connectivity index (χ0) is 14.7. The second-order valence-corrected chi connectivity index (χ2v) is 5.44. The molecule has 0 spiro atoms. The van der Waals surface area contributed by atoms with Crippen molar-refractivity contribution in [3.05, 3.63) is 59.8 Å². The van der Waals surface area contributed by atoms with Gasteiger partial charge >= 0.3 is 6.03 Å². The van der Waals surface area contributed by atoms with Gasteiger partial charge in [0.2, 0.25) is 0 Å². The van der Waals surface area contributed by atoms with E-state index >= 15 is 0 Å². The number of benzene rings is 1. The highest BCUT2D eigenvalue weighted by atomic mass is 16.2. The number of aromatic nitrogens is 1. The SMILES string of the molecule is Cc1cccc(NC(=O)N2CC[C@H](c3ccccc3)C2)n1. The molecule has 1 atom stereocenters. The maximum Gasteiger partial charge on any atom is 0.323 e. The molecule has 0 radical (unpaired) electrons. The van der Waals surface area contributed by atoms with Crippen molar-refractivity contribution >= 4 is 11.8 Å². The number of anilines is 1. The Hall–Kier alpha value is -2.36. The van der Waals surface area contributed by atoms with Crippen molar-refractivity contribution in [1.82, 2.24) is 9.88 Å². The maximum atomic E-state index is 12.3. The first-order valence-electron chi connectivity index (χ1n) is 7.27. The van der Waals surface area contributed by atoms with E-state index in [1.54, 1.807) is 0 Å². The topological polar surface area (TPSA) is 45.2 Å². The molecule has 0 aliphatic carbocycles. The first-order chi connectivity index (χ1) is 10.2. The van der Waals surface area contributed by atoms with Gasteiger partial charge in [0.25, 0.3) is 0 Å². The number of rotatable bonds is 2. The molecule has 21 heavy (non-hydrogen) atoms. The number of amides is 2. The van der Waals surface area contributed by atoms with Crippen molar-refractivity contribution in [2.24, 2.45) is 0 Å². The highest BCUT2D eigenvalue weighted by Crippen LogP contribution is 2.27. The number of likely N-dealkylation sites (tertiary alicyclic amines) is 1. The lowest BCUT2D eigenvalue weighted by atomic mass is 9.99. The number of nitrogens with one attached hydrogen (secondary N) is 1. The van der Waals surface area contributed by atoms with Crippen LogP contribution in [-0.4, -0.2) is 29.0 Å². The molecule has 4 heteroatoms. The van der Waals surface area contributed by atoms with E-state index in [0.29, 0.717) is 11.7 Å². The number of nitrogens with zero attached hydrogens (tertiary/aromatic N) is 2. The summed E-state index contributed by atoms with van der Waals surface area (Å²) in [6, 6.07) is 15.9. The number of carbonyl (C=O) groups excluding carboxylic acids is 1. The molecule has 3 rings (SSSR count). The van der Waals surface area contributed by atoms with Gasteiger partial charge in [-0.15, -0.1) is 0 Å². The van der Waals surface area contributed by atoms with Gasteiger partial charge < -0.3 is 4.90 Å². The van der Waals surface area contributed by atoms with Crippen LogP contribution in [0.4, 0.5) is 10.6 Å². The van der Waals surface area contributed by atoms with E-state index < -0.39 is 0 Å². The number of pyridine rings is 1. The zero-order valence-electron chi connectivity index (χ0n) is 12.1. The molecule has 0 saturated carbocycles. The monoisotopic (exact) mass is 281 g/mol. The summed E-state index contributed by atoms with van der Waals surface area (Å²) in [5.41, 5.74) is 2.21. The van der Waals surface area contributed by atoms with E-state index in [4.69, 9.17) is 0 Å². The average molecular weight is 281 g/mol. The first kappa shape index (κ1) is 13.6. The summed E-state index contributed by atoms with van der Waals surface area (Å²) >= 11 is 0. The zero-order valence-corrected chi connectivity index (χ0v) is 12.1. The van der Waals surface area contributed by atoms with E-state index in [1.807, 2.05) is 36.1 Å². The van der Waals surface area contributed by atoms with Crippen LogP contribution in [-0.2, 0) is 0 Å². The van der Waals surface area contributed by atoms with Gasteiger partial charge in [-0.05, 0) is 31.0 Å². The molecule has 2 aromatic rings. The smallest absolute Gasteiger partial charge is 0.323 e. The van der Waals surface area contributed by atoms with E-state index in [9.17, 15) is 4.79 Å². The minimum atomic E-state index is -0.0634. The van der Waals surface area contributed by atoms with Crippen molar-refractivity contribution < 1.29 is 4.79 Å². The molecular weight excluding hydrogens is 262 g/mol. The third-order valence-corrected chi connectivity index (χ3v) is 3.87. The fraction of sp³-hybridized carbons (Fsp3) is 0.294. The lowest BCUT2D eigenvalue weighted by molar-refractivity contribution is 0.222. The largest absolute Gasteiger partial charge is 0.324 e. The number of carbonyl (C=O) groups is 1. The summed E-state index contributed by atoms with van der Waals surface area (Å²) in [7, 11) is 0. The quantitative estimate of drug-likeness (QED) is 0.916. The molecule has 1 aliphatic heterocycles. The highest BCUT2D eigenvalue weighted by molar-refractivity contribution is 5.88. The summed E-state index contributed by atoms with van der Waals surface area (Å²) < 4.78 is 0. The van der Waals surface area contributed by atoms with Gasteiger partial charge in [0, 0.05) is 24.7 Å². The van der Waals surface area contributed by atoms with Crippen molar-refractivity contribution in [2.75, 3.05) is 18.4 Å². The molecule has 1 aliphatic rings. The van der Waals surface area contributed by atoms with Crippen LogP contribution >= 0.6 is 0 Å². The Morgan fingerprint density at radius 1 is 1.19 bits per heavy atom. The minimum absolute atomic E-state index is 0.0634. The molecule has 1 fully saturated rings. The lowest BCUT2D eigenvalue weighted by Crippen LogP contribution is -2.33. The summed E-state index contributed by atoms with van der Waals surface area (Å²) in [4.78, 5) is 18.4. The van der Waals surface area contributed by atoms with Crippen LogP contribution in [0.1, 0.15) is 23.6 Å². The van der Waals surface area contributed by atoms with Crippen molar-refractivity contribution in [1.29, 1.82) is 0 Å². The normalized spacial score (nSPS) is 17.8. The molecule has 0 unspecified atom stereocenters. The summed E-state index contributed by atoms with van der Waals surface area (Å²) in [6.07, 6.45) is 1.01. The fourth-order valence-corrected chi connectivity index (χ4v) is 2.74. The standard InChI is InChI=1S/C17H19N3O/c1-13-6-5-9-16(18-13)19-17(21)20-11-10-15(12-20)14-7-3-2-4-8-14/h2-9,15H,10-12H2,1H3,(H,18,19,21)/t15-/m0/s1. The third-order valence-electron chi connectivity index (χ3n) is 3.87. The summed E-state index contributed by atoms with van der Waals surface area (Å²) in [5.74, 6) is 1.05. The Kier molecular flexibility index (Phi) is 3.86. The van der Waals surface area contributed by atoms with E-state index in [2.05, 4.69) is 34.6 Å². The second-order valence-electron chi connectivity index (χ2n) is 5.44. The third kappa shape index (κ3) is 3.21. The van der Waals surface area contributed by atoms with E-state index in [-0.39, 0.29) is 6.03 Å². The van der Waals surface area contributed by atoms with Crippen molar-refractivity contribution in [3.63, 3.8) is 0 Å². The Labute approximate surface area is 124 Å². The Balaban J connectivity index is 1.62. The molecular formula is C17H19N3O. The average Bonchev–Trinajstić information content (AvgIpc) is 2.98. The molecule has 1 N–H and O–H groups in total. The van der Waals surface area contributed by atoms with Gasteiger partial charge in [-0.3, -0.25) is 5.32 Å². The van der Waals surface area contributed by atoms with E-state index in [0.717, 1.165) is 25.2 Å². The number of aryl methyl sites for hydroxylation is 1. The molecule has 108 valence electrons. The van der Waals surface area contributed by atoms with Gasteiger partial charge in [-0.1, -0.05) is 36.4 Å². The Morgan fingerprint density at radius 3 is 2.76 bits per heavy atom. The molecule has 1 saturated heterocycles. The second kappa shape index (κ2) is 5.95. The van der Waals surface area contributed by atoms with Gasteiger partial charge in [0.15, 0.2) is 0 Å².